The third kappa shape index (κ3) is 5.43. The SMILES string of the molecule is O=C(O)c1sc([C@H]2CCCN2C(=O)CCc2ccccc2)nc1CCCc1ccccc1. The molecule has 0 bridgehead atoms. The number of aromatic nitrogens is 1. The number of likely N-dealkylation sites (tertiary alicyclic amines) is 1. The average Bonchev–Trinajstić information content (AvgIpc) is 3.46. The highest BCUT2D eigenvalue weighted by atomic mass is 32.1. The molecule has 3 aromatic rings. The van der Waals surface area contributed by atoms with Crippen molar-refractivity contribution in [2.45, 2.75) is 51.0 Å². The largest absolute Gasteiger partial charge is 0.477 e. The molecule has 1 fully saturated rings. The number of aromatic carboxylic acids is 1. The number of benzene rings is 2. The summed E-state index contributed by atoms with van der Waals surface area (Å²) in [6.45, 7) is 0.712. The molecule has 0 spiro atoms. The quantitative estimate of drug-likeness (QED) is 0.481. The lowest BCUT2D eigenvalue weighted by atomic mass is 10.1. The van der Waals surface area contributed by atoms with Crippen LogP contribution in [0.4, 0.5) is 0 Å². The van der Waals surface area contributed by atoms with Crippen molar-refractivity contribution in [3.05, 3.63) is 87.4 Å². The van der Waals surface area contributed by atoms with Gasteiger partial charge >= 0.3 is 5.97 Å². The van der Waals surface area contributed by atoms with Crippen molar-refractivity contribution in [1.82, 2.24) is 9.88 Å². The van der Waals surface area contributed by atoms with Crippen LogP contribution in [0.2, 0.25) is 0 Å². The third-order valence-corrected chi connectivity index (χ3v) is 7.15. The van der Waals surface area contributed by atoms with Crippen LogP contribution in [0.5, 0.6) is 0 Å². The molecule has 0 radical (unpaired) electrons. The van der Waals surface area contributed by atoms with Crippen molar-refractivity contribution < 1.29 is 14.7 Å². The van der Waals surface area contributed by atoms with E-state index in [0.29, 0.717) is 36.4 Å². The maximum Gasteiger partial charge on any atom is 0.347 e. The summed E-state index contributed by atoms with van der Waals surface area (Å²) in [6.07, 6.45) is 5.30. The van der Waals surface area contributed by atoms with E-state index in [1.807, 2.05) is 53.4 Å². The van der Waals surface area contributed by atoms with Crippen LogP contribution in [0.3, 0.4) is 0 Å². The molecule has 1 N–H and O–H groups in total. The van der Waals surface area contributed by atoms with E-state index in [9.17, 15) is 14.7 Å². The molecule has 5 nitrogen and oxygen atoms in total. The summed E-state index contributed by atoms with van der Waals surface area (Å²) < 4.78 is 0. The van der Waals surface area contributed by atoms with Crippen LogP contribution >= 0.6 is 11.3 Å². The second-order valence-corrected chi connectivity index (χ2v) is 9.23. The maximum atomic E-state index is 12.9. The number of amides is 1. The molecule has 0 saturated carbocycles. The van der Waals surface area contributed by atoms with Gasteiger partial charge in [0.1, 0.15) is 9.88 Å². The Bertz CT molecular complexity index is 1050. The van der Waals surface area contributed by atoms with Crippen LogP contribution in [0, 0.1) is 0 Å². The highest BCUT2D eigenvalue weighted by Gasteiger charge is 2.33. The minimum Gasteiger partial charge on any atom is -0.477 e. The van der Waals surface area contributed by atoms with Gasteiger partial charge in [0.2, 0.25) is 5.91 Å². The molecule has 1 aliphatic rings. The topological polar surface area (TPSA) is 70.5 Å². The summed E-state index contributed by atoms with van der Waals surface area (Å²) in [5.41, 5.74) is 3.04. The zero-order chi connectivity index (χ0) is 22.3. The number of thiazole rings is 1. The van der Waals surface area contributed by atoms with E-state index in [1.54, 1.807) is 0 Å². The number of nitrogens with zero attached hydrogens (tertiary/aromatic N) is 2. The zero-order valence-electron chi connectivity index (χ0n) is 18.1. The minimum absolute atomic E-state index is 0.107. The van der Waals surface area contributed by atoms with Crippen LogP contribution < -0.4 is 0 Å². The lowest BCUT2D eigenvalue weighted by Gasteiger charge is -2.23. The second kappa shape index (κ2) is 10.6. The molecule has 1 atom stereocenters. The summed E-state index contributed by atoms with van der Waals surface area (Å²) in [5.74, 6) is -0.808. The summed E-state index contributed by atoms with van der Waals surface area (Å²) in [5, 5.41) is 10.5. The molecule has 0 aliphatic carbocycles. The van der Waals surface area contributed by atoms with E-state index < -0.39 is 5.97 Å². The van der Waals surface area contributed by atoms with Crippen molar-refractivity contribution in [1.29, 1.82) is 0 Å². The molecule has 6 heteroatoms. The summed E-state index contributed by atoms with van der Waals surface area (Å²) in [6, 6.07) is 20.1. The van der Waals surface area contributed by atoms with E-state index in [0.717, 1.165) is 36.3 Å². The van der Waals surface area contributed by atoms with Crippen molar-refractivity contribution in [2.24, 2.45) is 0 Å². The predicted molar refractivity (Wildman–Crippen MR) is 126 cm³/mol. The van der Waals surface area contributed by atoms with Gasteiger partial charge in [0, 0.05) is 13.0 Å². The fourth-order valence-electron chi connectivity index (χ4n) is 4.32. The monoisotopic (exact) mass is 448 g/mol. The van der Waals surface area contributed by atoms with Crippen molar-refractivity contribution in [2.75, 3.05) is 6.54 Å². The normalized spacial score (nSPS) is 15.8. The van der Waals surface area contributed by atoms with Gasteiger partial charge in [0.05, 0.1) is 11.7 Å². The average molecular weight is 449 g/mol. The highest BCUT2D eigenvalue weighted by molar-refractivity contribution is 7.13. The van der Waals surface area contributed by atoms with Crippen molar-refractivity contribution in [3.63, 3.8) is 0 Å². The van der Waals surface area contributed by atoms with E-state index in [4.69, 9.17) is 4.98 Å². The molecular weight excluding hydrogens is 420 g/mol. The van der Waals surface area contributed by atoms with E-state index in [1.165, 1.54) is 16.9 Å². The molecule has 32 heavy (non-hydrogen) atoms. The van der Waals surface area contributed by atoms with Gasteiger partial charge in [-0.25, -0.2) is 9.78 Å². The molecule has 166 valence electrons. The van der Waals surface area contributed by atoms with Crippen LogP contribution in [0.1, 0.15) is 63.2 Å². The lowest BCUT2D eigenvalue weighted by molar-refractivity contribution is -0.132. The molecule has 1 aromatic heterocycles. The molecule has 2 aromatic carbocycles. The standard InChI is InChI=1S/C26H28N2O3S/c29-23(17-16-20-11-5-2-6-12-20)28-18-8-15-22(28)25-27-21(24(32-25)26(30)31)14-7-13-19-9-3-1-4-10-19/h1-6,9-12,22H,7-8,13-18H2,(H,30,31)/t22-/m1/s1. The molecule has 2 heterocycles. The number of hydrogen-bond donors (Lipinski definition) is 1. The van der Waals surface area contributed by atoms with Gasteiger partial charge in [-0.05, 0) is 49.7 Å². The molecule has 1 saturated heterocycles. The number of aryl methyl sites for hydroxylation is 3. The molecule has 4 rings (SSSR count). The first-order valence-electron chi connectivity index (χ1n) is 11.2. The van der Waals surface area contributed by atoms with E-state index in [2.05, 4.69) is 12.1 Å². The van der Waals surface area contributed by atoms with Crippen LogP contribution in [0.25, 0.3) is 0 Å². The van der Waals surface area contributed by atoms with Crippen molar-refractivity contribution >= 4 is 23.2 Å². The Morgan fingerprint density at radius 1 is 0.969 bits per heavy atom. The van der Waals surface area contributed by atoms with Crippen LogP contribution in [-0.2, 0) is 24.1 Å². The Morgan fingerprint density at radius 3 is 2.28 bits per heavy atom. The lowest BCUT2D eigenvalue weighted by Crippen LogP contribution is -2.30. The number of carbonyl (C=O) groups is 2. The molecule has 1 aliphatic heterocycles. The van der Waals surface area contributed by atoms with Crippen LogP contribution in [-0.4, -0.2) is 33.4 Å². The Morgan fingerprint density at radius 2 is 1.62 bits per heavy atom. The molecule has 0 unspecified atom stereocenters. The Labute approximate surface area is 192 Å². The van der Waals surface area contributed by atoms with Gasteiger partial charge in [0.25, 0.3) is 0 Å². The number of carboxylic acid groups (broad SMARTS) is 1. The summed E-state index contributed by atoms with van der Waals surface area (Å²) in [4.78, 5) is 31.8. The minimum atomic E-state index is -0.927. The van der Waals surface area contributed by atoms with Gasteiger partial charge in [-0.2, -0.15) is 0 Å². The fraction of sp³-hybridized carbons (Fsp3) is 0.346. The van der Waals surface area contributed by atoms with Gasteiger partial charge in [-0.15, -0.1) is 11.3 Å². The number of carboxylic acids is 1. The summed E-state index contributed by atoms with van der Waals surface area (Å²) >= 11 is 1.24. The molecular formula is C26H28N2O3S. The summed E-state index contributed by atoms with van der Waals surface area (Å²) in [7, 11) is 0. The molecule has 1 amide bonds. The number of hydrogen-bond acceptors (Lipinski definition) is 4. The first-order valence-corrected chi connectivity index (χ1v) is 12.0. The van der Waals surface area contributed by atoms with E-state index >= 15 is 0 Å². The highest BCUT2D eigenvalue weighted by Crippen LogP contribution is 2.36. The Balaban J connectivity index is 1.42. The van der Waals surface area contributed by atoms with Gasteiger partial charge < -0.3 is 10.0 Å². The van der Waals surface area contributed by atoms with E-state index in [-0.39, 0.29) is 11.9 Å². The first-order chi connectivity index (χ1) is 15.6. The predicted octanol–water partition coefficient (Wildman–Crippen LogP) is 5.31. The smallest absolute Gasteiger partial charge is 0.347 e. The maximum absolute atomic E-state index is 12.9. The Kier molecular flexibility index (Phi) is 7.32. The first kappa shape index (κ1) is 22.2. The number of rotatable bonds is 9. The second-order valence-electron chi connectivity index (χ2n) is 8.20. The van der Waals surface area contributed by atoms with Gasteiger partial charge in [-0.1, -0.05) is 60.7 Å². The van der Waals surface area contributed by atoms with Crippen molar-refractivity contribution in [3.8, 4) is 0 Å². The fourth-order valence-corrected chi connectivity index (χ4v) is 5.41. The van der Waals surface area contributed by atoms with Gasteiger partial charge in [-0.3, -0.25) is 4.79 Å². The zero-order valence-corrected chi connectivity index (χ0v) is 18.9. The number of carbonyl (C=O) groups excluding carboxylic acids is 1. The third-order valence-electron chi connectivity index (χ3n) is 5.96. The van der Waals surface area contributed by atoms with Gasteiger partial charge in [0.15, 0.2) is 0 Å². The Hall–Kier alpha value is -2.99. The van der Waals surface area contributed by atoms with Crippen LogP contribution in [0.15, 0.2) is 60.7 Å².